The van der Waals surface area contributed by atoms with Crippen molar-refractivity contribution in [1.82, 2.24) is 24.3 Å². The Balaban J connectivity index is 1.54. The standard InChI is InChI=1S/C24H19F2N5O4S/c1-30-16-8-15(19-14(22(30)32)4-3-5-17(19)35-23(25)26)21-20(16)29-24-28-10-13(11-31(21)24)12-6-7-18(27-9-12)36(2,33)34/h3-7,9-11,15-16,23H,8H2,1-2H3. The zero-order valence-corrected chi connectivity index (χ0v) is 19.9. The number of rotatable bonds is 4. The minimum atomic E-state index is -3.44. The lowest BCUT2D eigenvalue weighted by Crippen LogP contribution is -2.30. The highest BCUT2D eigenvalue weighted by Crippen LogP contribution is 2.52. The number of imidazole rings is 1. The number of benzene rings is 1. The first-order valence-corrected chi connectivity index (χ1v) is 12.9. The van der Waals surface area contributed by atoms with Gasteiger partial charge < -0.3 is 9.64 Å². The van der Waals surface area contributed by atoms with Crippen molar-refractivity contribution in [2.75, 3.05) is 13.3 Å². The number of carbonyl (C=O) groups is 1. The minimum Gasteiger partial charge on any atom is -0.434 e. The highest BCUT2D eigenvalue weighted by atomic mass is 32.2. The van der Waals surface area contributed by atoms with Crippen LogP contribution < -0.4 is 4.74 Å². The second-order valence-electron chi connectivity index (χ2n) is 8.87. The largest absolute Gasteiger partial charge is 0.434 e. The number of halogens is 2. The van der Waals surface area contributed by atoms with Gasteiger partial charge in [0.25, 0.3) is 5.91 Å². The number of pyridine rings is 1. The maximum absolute atomic E-state index is 13.3. The Morgan fingerprint density at radius 1 is 1.11 bits per heavy atom. The second kappa shape index (κ2) is 7.79. The molecule has 12 heteroatoms. The van der Waals surface area contributed by atoms with Crippen LogP contribution in [-0.4, -0.2) is 58.5 Å². The first-order chi connectivity index (χ1) is 17.1. The van der Waals surface area contributed by atoms with E-state index in [9.17, 15) is 22.0 Å². The van der Waals surface area contributed by atoms with Crippen molar-refractivity contribution < 1.29 is 26.7 Å². The van der Waals surface area contributed by atoms with Crippen LogP contribution in [0.15, 0.2) is 53.9 Å². The molecule has 184 valence electrons. The summed E-state index contributed by atoms with van der Waals surface area (Å²) in [6, 6.07) is 7.31. The maximum Gasteiger partial charge on any atom is 0.387 e. The van der Waals surface area contributed by atoms with Gasteiger partial charge in [-0.15, -0.1) is 0 Å². The predicted molar refractivity (Wildman–Crippen MR) is 124 cm³/mol. The quantitative estimate of drug-likeness (QED) is 0.413. The maximum atomic E-state index is 13.3. The van der Waals surface area contributed by atoms with Crippen LogP contribution in [0.4, 0.5) is 8.78 Å². The molecule has 6 rings (SSSR count). The number of hydrogen-bond acceptors (Lipinski definition) is 7. The van der Waals surface area contributed by atoms with Crippen LogP contribution in [0.3, 0.4) is 0 Å². The van der Waals surface area contributed by atoms with Gasteiger partial charge in [0.1, 0.15) is 5.75 Å². The Labute approximate surface area is 204 Å². The molecule has 4 heterocycles. The molecule has 1 amide bonds. The fourth-order valence-electron chi connectivity index (χ4n) is 5.14. The Morgan fingerprint density at radius 3 is 2.58 bits per heavy atom. The number of fused-ring (bicyclic) bond motifs is 9. The minimum absolute atomic E-state index is 0.0373. The molecule has 1 aliphatic heterocycles. The van der Waals surface area contributed by atoms with E-state index in [2.05, 4.69) is 15.0 Å². The number of sulfone groups is 1. The van der Waals surface area contributed by atoms with Gasteiger partial charge in [0.15, 0.2) is 14.9 Å². The van der Waals surface area contributed by atoms with Gasteiger partial charge in [-0.05, 0) is 30.7 Å². The van der Waals surface area contributed by atoms with E-state index in [0.717, 1.165) is 11.9 Å². The molecule has 1 aliphatic carbocycles. The fourth-order valence-corrected chi connectivity index (χ4v) is 5.70. The van der Waals surface area contributed by atoms with Crippen molar-refractivity contribution in [3.8, 4) is 16.9 Å². The highest BCUT2D eigenvalue weighted by molar-refractivity contribution is 7.90. The Bertz CT molecular complexity index is 1650. The Morgan fingerprint density at radius 2 is 1.89 bits per heavy atom. The van der Waals surface area contributed by atoms with Crippen LogP contribution in [0.25, 0.3) is 16.9 Å². The molecule has 1 aromatic carbocycles. The number of nitrogens with zero attached hydrogens (tertiary/aromatic N) is 5. The molecule has 36 heavy (non-hydrogen) atoms. The topological polar surface area (TPSA) is 107 Å². The van der Waals surface area contributed by atoms with E-state index in [1.54, 1.807) is 40.9 Å². The summed E-state index contributed by atoms with van der Waals surface area (Å²) in [4.78, 5) is 28.0. The van der Waals surface area contributed by atoms with Crippen molar-refractivity contribution in [2.24, 2.45) is 0 Å². The molecular weight excluding hydrogens is 492 g/mol. The van der Waals surface area contributed by atoms with Crippen LogP contribution >= 0.6 is 0 Å². The van der Waals surface area contributed by atoms with E-state index < -0.39 is 22.4 Å². The van der Waals surface area contributed by atoms with E-state index in [-0.39, 0.29) is 22.7 Å². The predicted octanol–water partition coefficient (Wildman–Crippen LogP) is 3.46. The fraction of sp³-hybridized carbons (Fsp3) is 0.250. The van der Waals surface area contributed by atoms with Crippen molar-refractivity contribution in [3.63, 3.8) is 0 Å². The molecule has 0 N–H and O–H groups in total. The zero-order chi connectivity index (χ0) is 25.4. The molecule has 0 spiro atoms. The molecule has 2 aliphatic rings. The van der Waals surface area contributed by atoms with Crippen LogP contribution in [0.1, 0.15) is 45.7 Å². The molecule has 4 aromatic rings. The molecule has 2 unspecified atom stereocenters. The van der Waals surface area contributed by atoms with Crippen molar-refractivity contribution in [2.45, 2.75) is 30.0 Å². The van der Waals surface area contributed by atoms with E-state index in [1.165, 1.54) is 24.4 Å². The number of alkyl halides is 2. The smallest absolute Gasteiger partial charge is 0.387 e. The van der Waals surface area contributed by atoms with Gasteiger partial charge >= 0.3 is 6.61 Å². The van der Waals surface area contributed by atoms with Gasteiger partial charge in [-0.1, -0.05) is 6.07 Å². The third-order valence-corrected chi connectivity index (χ3v) is 7.75. The molecule has 0 fully saturated rings. The average Bonchev–Trinajstić information content (AvgIpc) is 3.36. The summed E-state index contributed by atoms with van der Waals surface area (Å²) >= 11 is 0. The lowest BCUT2D eigenvalue weighted by molar-refractivity contribution is -0.0506. The van der Waals surface area contributed by atoms with Gasteiger partial charge in [0, 0.05) is 60.1 Å². The van der Waals surface area contributed by atoms with Crippen LogP contribution in [0.2, 0.25) is 0 Å². The monoisotopic (exact) mass is 511 g/mol. The Hall–Kier alpha value is -3.93. The van der Waals surface area contributed by atoms with Crippen molar-refractivity contribution >= 4 is 21.5 Å². The number of hydrogen-bond donors (Lipinski definition) is 0. The first-order valence-electron chi connectivity index (χ1n) is 11.0. The molecule has 9 nitrogen and oxygen atoms in total. The molecular formula is C24H19F2N5O4S. The van der Waals surface area contributed by atoms with Gasteiger partial charge in [-0.3, -0.25) is 9.20 Å². The molecule has 2 bridgehead atoms. The number of amides is 1. The molecule has 0 saturated heterocycles. The van der Waals surface area contributed by atoms with E-state index in [0.29, 0.717) is 40.1 Å². The Kier molecular flexibility index (Phi) is 4.87. The number of ether oxygens (including phenoxy) is 1. The lowest BCUT2D eigenvalue weighted by atomic mass is 9.91. The van der Waals surface area contributed by atoms with Crippen molar-refractivity contribution in [3.05, 3.63) is 71.4 Å². The highest BCUT2D eigenvalue weighted by Gasteiger charge is 2.46. The molecule has 3 aromatic heterocycles. The normalized spacial score (nSPS) is 18.9. The lowest BCUT2D eigenvalue weighted by Gasteiger charge is -2.23. The molecule has 0 saturated carbocycles. The molecule has 2 atom stereocenters. The van der Waals surface area contributed by atoms with E-state index >= 15 is 0 Å². The summed E-state index contributed by atoms with van der Waals surface area (Å²) in [5, 5.41) is -0.0373. The summed E-state index contributed by atoms with van der Waals surface area (Å²) in [6.45, 7) is -3.04. The summed E-state index contributed by atoms with van der Waals surface area (Å²) in [5.41, 5.74) is 3.43. The average molecular weight is 512 g/mol. The summed E-state index contributed by atoms with van der Waals surface area (Å²) < 4.78 is 56.6. The number of aromatic nitrogens is 4. The van der Waals surface area contributed by atoms with Crippen molar-refractivity contribution in [1.29, 1.82) is 0 Å². The summed E-state index contributed by atoms with van der Waals surface area (Å²) in [7, 11) is -1.77. The SMILES string of the molecule is CN1C(=O)c2cccc(OC(F)F)c2C2CC1c1nc3ncc(-c4ccc(S(C)(=O)=O)nc4)cn3c12. The second-order valence-corrected chi connectivity index (χ2v) is 10.8. The van der Waals surface area contributed by atoms with Crippen LogP contribution in [-0.2, 0) is 9.84 Å². The first kappa shape index (κ1) is 22.5. The van der Waals surface area contributed by atoms with Crippen LogP contribution in [0, 0.1) is 0 Å². The van der Waals surface area contributed by atoms with Gasteiger partial charge in [0.2, 0.25) is 5.78 Å². The summed E-state index contributed by atoms with van der Waals surface area (Å²) in [5.74, 6) is -0.356. The van der Waals surface area contributed by atoms with Gasteiger partial charge in [-0.25, -0.2) is 23.4 Å². The summed E-state index contributed by atoms with van der Waals surface area (Å²) in [6.07, 6.45) is 6.42. The zero-order valence-electron chi connectivity index (χ0n) is 19.1. The van der Waals surface area contributed by atoms with Crippen LogP contribution in [0.5, 0.6) is 5.75 Å². The third kappa shape index (κ3) is 3.35. The molecule has 0 radical (unpaired) electrons. The van der Waals surface area contributed by atoms with Gasteiger partial charge in [0.05, 0.1) is 17.4 Å². The number of carbonyl (C=O) groups excluding carboxylic acids is 1. The van der Waals surface area contributed by atoms with Gasteiger partial charge in [-0.2, -0.15) is 8.78 Å². The van der Waals surface area contributed by atoms with E-state index in [1.807, 2.05) is 0 Å². The third-order valence-electron chi connectivity index (χ3n) is 6.75. The van der Waals surface area contributed by atoms with E-state index in [4.69, 9.17) is 4.74 Å².